The molecule has 0 radical (unpaired) electrons. The van der Waals surface area contributed by atoms with E-state index in [1.165, 1.54) is 12.4 Å². The Morgan fingerprint density at radius 2 is 1.97 bits per heavy atom. The number of rotatable bonds is 6. The summed E-state index contributed by atoms with van der Waals surface area (Å²) in [7, 11) is 3.82. The van der Waals surface area contributed by atoms with Gasteiger partial charge in [0.15, 0.2) is 0 Å². The average Bonchev–Trinajstić information content (AvgIpc) is 2.80. The molecule has 1 saturated heterocycles. The van der Waals surface area contributed by atoms with E-state index in [0.717, 1.165) is 59.8 Å². The van der Waals surface area contributed by atoms with E-state index in [0.29, 0.717) is 11.5 Å². The number of hydrogen-bond donors (Lipinski definition) is 3. The molecule has 0 amide bonds. The van der Waals surface area contributed by atoms with Crippen LogP contribution in [0.15, 0.2) is 48.8 Å². The van der Waals surface area contributed by atoms with E-state index in [9.17, 15) is 0 Å². The van der Waals surface area contributed by atoms with E-state index in [2.05, 4.69) is 44.3 Å². The maximum atomic E-state index is 7.50. The lowest BCUT2D eigenvalue weighted by molar-refractivity contribution is 0.312. The zero-order chi connectivity index (χ0) is 21.8. The number of benzene rings is 2. The molecule has 0 spiro atoms. The Bertz CT molecular complexity index is 1120. The average molecular weight is 418 g/mol. The fraction of sp³-hybridized carbons (Fsp3) is 0.261. The summed E-state index contributed by atoms with van der Waals surface area (Å²) in [6.45, 7) is 4.09. The number of nitrogens with two attached hydrogens (primary N) is 1. The number of piperazine rings is 1. The maximum absolute atomic E-state index is 7.50. The zero-order valence-electron chi connectivity index (χ0n) is 17.8. The number of methoxy groups -OCH3 is 1. The molecular weight excluding hydrogens is 390 g/mol. The minimum Gasteiger partial charge on any atom is -0.494 e. The highest BCUT2D eigenvalue weighted by atomic mass is 16.5. The first-order valence-electron chi connectivity index (χ1n) is 10.2. The van der Waals surface area contributed by atoms with E-state index in [-0.39, 0.29) is 0 Å². The molecule has 1 aromatic heterocycles. The van der Waals surface area contributed by atoms with Gasteiger partial charge in [-0.3, -0.25) is 0 Å². The first kappa shape index (κ1) is 20.6. The van der Waals surface area contributed by atoms with E-state index in [1.807, 2.05) is 24.3 Å². The van der Waals surface area contributed by atoms with Crippen LogP contribution in [0.25, 0.3) is 16.5 Å². The van der Waals surface area contributed by atoms with Gasteiger partial charge in [0, 0.05) is 67.5 Å². The van der Waals surface area contributed by atoms with Crippen LogP contribution < -0.4 is 20.7 Å². The lowest BCUT2D eigenvalue weighted by Gasteiger charge is -2.34. The summed E-state index contributed by atoms with van der Waals surface area (Å²) in [5.74, 6) is 1.22. The Hall–Kier alpha value is -3.65. The topological polar surface area (TPSA) is 103 Å². The van der Waals surface area contributed by atoms with Crippen LogP contribution in [-0.2, 0) is 0 Å². The largest absolute Gasteiger partial charge is 0.494 e. The molecule has 4 rings (SSSR count). The quantitative estimate of drug-likeness (QED) is 0.530. The molecule has 0 atom stereocenters. The second-order valence-corrected chi connectivity index (χ2v) is 7.53. The zero-order valence-corrected chi connectivity index (χ0v) is 17.8. The van der Waals surface area contributed by atoms with Gasteiger partial charge in [-0.15, -0.1) is 0 Å². The summed E-state index contributed by atoms with van der Waals surface area (Å²) in [4.78, 5) is 13.8. The van der Waals surface area contributed by atoms with Crippen molar-refractivity contribution in [3.63, 3.8) is 0 Å². The van der Waals surface area contributed by atoms with Crippen molar-refractivity contribution >= 4 is 40.0 Å². The highest BCUT2D eigenvalue weighted by Crippen LogP contribution is 2.32. The highest BCUT2D eigenvalue weighted by molar-refractivity contribution is 6.09. The van der Waals surface area contributed by atoms with Gasteiger partial charge >= 0.3 is 0 Å². The number of allylic oxidation sites excluding steroid dienone is 1. The molecular formula is C23H27N7O. The van der Waals surface area contributed by atoms with Crippen LogP contribution in [0.1, 0.15) is 5.56 Å². The number of fused-ring (bicyclic) bond motifs is 1. The number of aromatic nitrogens is 2. The Morgan fingerprint density at radius 1 is 1.16 bits per heavy atom. The molecule has 160 valence electrons. The molecule has 0 aliphatic carbocycles. The fourth-order valence-corrected chi connectivity index (χ4v) is 3.66. The van der Waals surface area contributed by atoms with E-state index < -0.39 is 0 Å². The molecule has 1 aliphatic heterocycles. The molecule has 4 N–H and O–H groups in total. The van der Waals surface area contributed by atoms with Crippen LogP contribution in [0.4, 0.5) is 17.3 Å². The Labute approximate surface area is 181 Å². The van der Waals surface area contributed by atoms with Crippen LogP contribution in [0.2, 0.25) is 0 Å². The van der Waals surface area contributed by atoms with Gasteiger partial charge in [-0.1, -0.05) is 12.1 Å². The van der Waals surface area contributed by atoms with Gasteiger partial charge in [0.2, 0.25) is 5.95 Å². The Kier molecular flexibility index (Phi) is 5.99. The smallest absolute Gasteiger partial charge is 0.227 e. The molecule has 8 heteroatoms. The first-order valence-corrected chi connectivity index (χ1v) is 10.2. The molecule has 0 saturated carbocycles. The standard InChI is InChI=1S/C23H27N7O/c1-29-7-9-30(10-8-29)19-5-6-20(22(12-19)31-2)27-23-26-15-17-4-3-16(11-21(17)28-23)18(13-24)14-25/h3-6,11-15,24H,7-10,25H2,1-2H3,(H,26,27,28)/b18-14+,24-13?. The highest BCUT2D eigenvalue weighted by Gasteiger charge is 2.16. The summed E-state index contributed by atoms with van der Waals surface area (Å²) in [5.41, 5.74) is 9.81. The van der Waals surface area contributed by atoms with Crippen molar-refractivity contribution in [2.45, 2.75) is 0 Å². The summed E-state index contributed by atoms with van der Waals surface area (Å²) in [6.07, 6.45) is 4.42. The van der Waals surface area contributed by atoms with Crippen molar-refractivity contribution in [2.75, 3.05) is 50.6 Å². The predicted octanol–water partition coefficient (Wildman–Crippen LogP) is 3.08. The van der Waals surface area contributed by atoms with Crippen molar-refractivity contribution < 1.29 is 4.74 Å². The molecule has 1 fully saturated rings. The van der Waals surface area contributed by atoms with Crippen molar-refractivity contribution in [3.05, 3.63) is 54.4 Å². The lowest BCUT2D eigenvalue weighted by Crippen LogP contribution is -2.44. The maximum Gasteiger partial charge on any atom is 0.227 e. The fourth-order valence-electron chi connectivity index (χ4n) is 3.66. The van der Waals surface area contributed by atoms with Crippen LogP contribution in [0.5, 0.6) is 5.75 Å². The monoisotopic (exact) mass is 417 g/mol. The molecule has 3 aromatic rings. The van der Waals surface area contributed by atoms with Crippen LogP contribution >= 0.6 is 0 Å². The minimum absolute atomic E-state index is 0.475. The van der Waals surface area contributed by atoms with Crippen molar-refractivity contribution in [3.8, 4) is 5.75 Å². The van der Waals surface area contributed by atoms with Crippen LogP contribution in [0, 0.1) is 5.41 Å². The molecule has 1 aliphatic rings. The SMILES string of the molecule is COc1cc(N2CCN(C)CC2)ccc1Nc1ncc2ccc(/C(C=N)=C/N)cc2n1. The Morgan fingerprint density at radius 3 is 2.68 bits per heavy atom. The molecule has 0 bridgehead atoms. The number of anilines is 3. The lowest BCUT2D eigenvalue weighted by atomic mass is 10.1. The number of nitrogens with one attached hydrogen (secondary N) is 2. The summed E-state index contributed by atoms with van der Waals surface area (Å²) in [6, 6.07) is 11.9. The number of hydrogen-bond acceptors (Lipinski definition) is 8. The first-order chi connectivity index (χ1) is 15.1. The normalized spacial score (nSPS) is 15.2. The van der Waals surface area contributed by atoms with Crippen molar-refractivity contribution in [1.82, 2.24) is 14.9 Å². The van der Waals surface area contributed by atoms with E-state index >= 15 is 0 Å². The van der Waals surface area contributed by atoms with Crippen LogP contribution in [0.3, 0.4) is 0 Å². The summed E-state index contributed by atoms with van der Waals surface area (Å²) in [5, 5.41) is 11.7. The van der Waals surface area contributed by atoms with E-state index in [4.69, 9.17) is 15.9 Å². The van der Waals surface area contributed by atoms with Gasteiger partial charge in [-0.2, -0.15) is 0 Å². The third-order valence-electron chi connectivity index (χ3n) is 5.55. The Balaban J connectivity index is 1.59. The third kappa shape index (κ3) is 4.44. The number of nitrogens with zero attached hydrogens (tertiary/aromatic N) is 4. The minimum atomic E-state index is 0.475. The molecule has 0 unspecified atom stereocenters. The van der Waals surface area contributed by atoms with Crippen LogP contribution in [-0.4, -0.2) is 61.4 Å². The number of ether oxygens (including phenoxy) is 1. The second-order valence-electron chi connectivity index (χ2n) is 7.53. The van der Waals surface area contributed by atoms with Gasteiger partial charge in [0.1, 0.15) is 5.75 Å². The van der Waals surface area contributed by atoms with Gasteiger partial charge in [0.25, 0.3) is 0 Å². The second kappa shape index (κ2) is 9.01. The summed E-state index contributed by atoms with van der Waals surface area (Å²) >= 11 is 0. The van der Waals surface area contributed by atoms with Gasteiger partial charge in [0.05, 0.1) is 18.3 Å². The predicted molar refractivity (Wildman–Crippen MR) is 126 cm³/mol. The van der Waals surface area contributed by atoms with Gasteiger partial charge in [-0.25, -0.2) is 9.97 Å². The summed E-state index contributed by atoms with van der Waals surface area (Å²) < 4.78 is 5.64. The third-order valence-corrected chi connectivity index (χ3v) is 5.55. The molecule has 2 heterocycles. The molecule has 2 aromatic carbocycles. The molecule has 8 nitrogen and oxygen atoms in total. The molecule has 31 heavy (non-hydrogen) atoms. The van der Waals surface area contributed by atoms with Crippen molar-refractivity contribution in [2.24, 2.45) is 5.73 Å². The van der Waals surface area contributed by atoms with Gasteiger partial charge < -0.3 is 31.0 Å². The van der Waals surface area contributed by atoms with Crippen molar-refractivity contribution in [1.29, 1.82) is 5.41 Å². The van der Waals surface area contributed by atoms with Gasteiger partial charge in [-0.05, 0) is 30.8 Å². The van der Waals surface area contributed by atoms with E-state index in [1.54, 1.807) is 13.3 Å². The number of likely N-dealkylation sites (N-methyl/N-ethyl adjacent to an activating group) is 1.